The summed E-state index contributed by atoms with van der Waals surface area (Å²) in [6, 6.07) is 7.23. The van der Waals surface area contributed by atoms with Gasteiger partial charge in [-0.1, -0.05) is 17.8 Å². The standard InChI is InChI=1S/C11H10N6S/c1-18-11-14-6-7(5-12)10(17-11)16-9-4-2-3-8(13)15-9/h2-4,6H,1H3,(H3,13,14,15,16,17). The Morgan fingerprint density at radius 2 is 2.22 bits per heavy atom. The van der Waals surface area contributed by atoms with Crippen LogP contribution in [0.25, 0.3) is 0 Å². The van der Waals surface area contributed by atoms with E-state index in [1.807, 2.05) is 12.3 Å². The Balaban J connectivity index is 2.36. The number of anilines is 3. The average Bonchev–Trinajstić information content (AvgIpc) is 2.38. The van der Waals surface area contributed by atoms with E-state index in [0.29, 0.717) is 28.2 Å². The molecule has 0 bridgehead atoms. The summed E-state index contributed by atoms with van der Waals surface area (Å²) in [7, 11) is 0. The molecule has 2 heterocycles. The molecule has 2 aromatic rings. The Kier molecular flexibility index (Phi) is 3.60. The Hall–Kier alpha value is -2.33. The number of nitrogen functional groups attached to an aromatic ring is 1. The van der Waals surface area contributed by atoms with Crippen molar-refractivity contribution in [3.05, 3.63) is 30.0 Å². The molecule has 0 spiro atoms. The van der Waals surface area contributed by atoms with E-state index in [1.165, 1.54) is 18.0 Å². The molecule has 0 amide bonds. The second-order valence-corrected chi connectivity index (χ2v) is 4.08. The van der Waals surface area contributed by atoms with Crippen molar-refractivity contribution in [1.29, 1.82) is 5.26 Å². The molecule has 0 radical (unpaired) electrons. The topological polar surface area (TPSA) is 101 Å². The molecule has 7 heteroatoms. The molecule has 90 valence electrons. The van der Waals surface area contributed by atoms with E-state index >= 15 is 0 Å². The van der Waals surface area contributed by atoms with E-state index in [2.05, 4.69) is 20.3 Å². The highest BCUT2D eigenvalue weighted by atomic mass is 32.2. The normalized spacial score (nSPS) is 9.78. The van der Waals surface area contributed by atoms with E-state index < -0.39 is 0 Å². The first-order chi connectivity index (χ1) is 8.72. The molecule has 3 N–H and O–H groups in total. The van der Waals surface area contributed by atoms with Crippen LogP contribution in [-0.2, 0) is 0 Å². The second kappa shape index (κ2) is 5.33. The lowest BCUT2D eigenvalue weighted by Gasteiger charge is -2.07. The molecule has 18 heavy (non-hydrogen) atoms. The van der Waals surface area contributed by atoms with Crippen molar-refractivity contribution in [3.63, 3.8) is 0 Å². The van der Waals surface area contributed by atoms with Crippen LogP contribution < -0.4 is 11.1 Å². The highest BCUT2D eigenvalue weighted by Crippen LogP contribution is 2.19. The zero-order valence-corrected chi connectivity index (χ0v) is 10.4. The third-order valence-electron chi connectivity index (χ3n) is 2.09. The van der Waals surface area contributed by atoms with Crippen LogP contribution in [0.1, 0.15) is 5.56 Å². The highest BCUT2D eigenvalue weighted by Gasteiger charge is 2.07. The number of nitrogens with one attached hydrogen (secondary N) is 1. The fraction of sp³-hybridized carbons (Fsp3) is 0.0909. The minimum atomic E-state index is 0.358. The second-order valence-electron chi connectivity index (χ2n) is 3.30. The number of thioether (sulfide) groups is 1. The van der Waals surface area contributed by atoms with Gasteiger partial charge in [0.2, 0.25) is 0 Å². The molecule has 0 unspecified atom stereocenters. The number of hydrogen-bond acceptors (Lipinski definition) is 7. The third kappa shape index (κ3) is 2.67. The van der Waals surface area contributed by atoms with Crippen molar-refractivity contribution in [1.82, 2.24) is 15.0 Å². The first-order valence-electron chi connectivity index (χ1n) is 5.03. The van der Waals surface area contributed by atoms with Crippen molar-refractivity contribution >= 4 is 29.2 Å². The Morgan fingerprint density at radius 1 is 1.39 bits per heavy atom. The lowest BCUT2D eigenvalue weighted by atomic mass is 10.3. The zero-order valence-electron chi connectivity index (χ0n) is 9.58. The van der Waals surface area contributed by atoms with Crippen molar-refractivity contribution in [3.8, 4) is 6.07 Å². The van der Waals surface area contributed by atoms with Crippen LogP contribution in [0.5, 0.6) is 0 Å². The van der Waals surface area contributed by atoms with Gasteiger partial charge in [-0.25, -0.2) is 15.0 Å². The van der Waals surface area contributed by atoms with Gasteiger partial charge in [0.05, 0.1) is 6.20 Å². The molecular weight excluding hydrogens is 248 g/mol. The summed E-state index contributed by atoms with van der Waals surface area (Å²) in [5.41, 5.74) is 5.94. The van der Waals surface area contributed by atoms with Gasteiger partial charge in [0.15, 0.2) is 11.0 Å². The van der Waals surface area contributed by atoms with Crippen molar-refractivity contribution < 1.29 is 0 Å². The summed E-state index contributed by atoms with van der Waals surface area (Å²) < 4.78 is 0. The van der Waals surface area contributed by atoms with E-state index in [9.17, 15) is 0 Å². The molecule has 0 fully saturated rings. The number of nitrogens with zero attached hydrogens (tertiary/aromatic N) is 4. The Morgan fingerprint density at radius 3 is 2.89 bits per heavy atom. The minimum Gasteiger partial charge on any atom is -0.384 e. The van der Waals surface area contributed by atoms with Gasteiger partial charge in [0, 0.05) is 0 Å². The summed E-state index contributed by atoms with van der Waals surface area (Å²) in [6.07, 6.45) is 3.34. The van der Waals surface area contributed by atoms with Crippen LogP contribution in [-0.4, -0.2) is 21.2 Å². The quantitative estimate of drug-likeness (QED) is 0.639. The SMILES string of the molecule is CSc1ncc(C#N)c(Nc2cccc(N)n2)n1. The van der Waals surface area contributed by atoms with Gasteiger partial charge in [-0.2, -0.15) is 5.26 Å². The molecule has 0 aliphatic carbocycles. The van der Waals surface area contributed by atoms with Crippen LogP contribution in [0, 0.1) is 11.3 Å². The number of nitrogens with two attached hydrogens (primary N) is 1. The molecule has 0 aliphatic heterocycles. The maximum absolute atomic E-state index is 8.99. The molecule has 0 aromatic carbocycles. The van der Waals surface area contributed by atoms with Crippen molar-refractivity contribution in [2.45, 2.75) is 5.16 Å². The highest BCUT2D eigenvalue weighted by molar-refractivity contribution is 7.98. The molecule has 0 saturated carbocycles. The predicted molar refractivity (Wildman–Crippen MR) is 70.5 cm³/mol. The van der Waals surface area contributed by atoms with Crippen LogP contribution in [0.4, 0.5) is 17.5 Å². The van der Waals surface area contributed by atoms with Crippen LogP contribution in [0.15, 0.2) is 29.6 Å². The summed E-state index contributed by atoms with van der Waals surface area (Å²) in [5.74, 6) is 1.37. The number of aromatic nitrogens is 3. The van der Waals surface area contributed by atoms with Crippen molar-refractivity contribution in [2.75, 3.05) is 17.3 Å². The van der Waals surface area contributed by atoms with E-state index in [1.54, 1.807) is 18.2 Å². The summed E-state index contributed by atoms with van der Waals surface area (Å²) >= 11 is 1.40. The predicted octanol–water partition coefficient (Wildman–Crippen LogP) is 1.79. The first kappa shape index (κ1) is 12.1. The molecule has 2 aromatic heterocycles. The fourth-order valence-corrected chi connectivity index (χ4v) is 1.62. The summed E-state index contributed by atoms with van der Waals surface area (Å²) in [5, 5.41) is 12.5. The fourth-order valence-electron chi connectivity index (χ4n) is 1.28. The van der Waals surface area contributed by atoms with E-state index in [-0.39, 0.29) is 0 Å². The molecule has 2 rings (SSSR count). The third-order valence-corrected chi connectivity index (χ3v) is 2.65. The van der Waals surface area contributed by atoms with Crippen LogP contribution in [0.2, 0.25) is 0 Å². The smallest absolute Gasteiger partial charge is 0.189 e. The van der Waals surface area contributed by atoms with Gasteiger partial charge >= 0.3 is 0 Å². The average molecular weight is 258 g/mol. The number of rotatable bonds is 3. The number of nitriles is 1. The first-order valence-corrected chi connectivity index (χ1v) is 6.26. The lowest BCUT2D eigenvalue weighted by molar-refractivity contribution is 0.967. The zero-order chi connectivity index (χ0) is 13.0. The lowest BCUT2D eigenvalue weighted by Crippen LogP contribution is -2.02. The number of hydrogen-bond donors (Lipinski definition) is 2. The van der Waals surface area contributed by atoms with Gasteiger partial charge in [0.25, 0.3) is 0 Å². The monoisotopic (exact) mass is 258 g/mol. The minimum absolute atomic E-state index is 0.358. The molecule has 0 saturated heterocycles. The van der Waals surface area contributed by atoms with Gasteiger partial charge in [0.1, 0.15) is 23.3 Å². The largest absolute Gasteiger partial charge is 0.384 e. The van der Waals surface area contributed by atoms with Gasteiger partial charge in [-0.05, 0) is 18.4 Å². The summed E-state index contributed by atoms with van der Waals surface area (Å²) in [4.78, 5) is 12.3. The van der Waals surface area contributed by atoms with Crippen LogP contribution >= 0.6 is 11.8 Å². The Bertz CT molecular complexity index is 607. The molecule has 0 aliphatic rings. The molecule has 6 nitrogen and oxygen atoms in total. The maximum atomic E-state index is 8.99. The van der Waals surface area contributed by atoms with Crippen LogP contribution in [0.3, 0.4) is 0 Å². The van der Waals surface area contributed by atoms with Crippen molar-refractivity contribution in [2.24, 2.45) is 0 Å². The van der Waals surface area contributed by atoms with Gasteiger partial charge in [-0.3, -0.25) is 0 Å². The van der Waals surface area contributed by atoms with E-state index in [0.717, 1.165) is 0 Å². The number of pyridine rings is 1. The van der Waals surface area contributed by atoms with Gasteiger partial charge < -0.3 is 11.1 Å². The molecular formula is C11H10N6S. The van der Waals surface area contributed by atoms with Gasteiger partial charge in [-0.15, -0.1) is 0 Å². The maximum Gasteiger partial charge on any atom is 0.189 e. The Labute approximate surface area is 108 Å². The summed E-state index contributed by atoms with van der Waals surface area (Å²) in [6.45, 7) is 0. The molecule has 0 atom stereocenters. The van der Waals surface area contributed by atoms with E-state index in [4.69, 9.17) is 11.0 Å².